The second-order valence-electron chi connectivity index (χ2n) is 5.28. The third kappa shape index (κ3) is 3.47. The summed E-state index contributed by atoms with van der Waals surface area (Å²) in [6.45, 7) is 2.00. The van der Waals surface area contributed by atoms with Crippen molar-refractivity contribution in [1.29, 1.82) is 0 Å². The van der Waals surface area contributed by atoms with Crippen LogP contribution in [0.1, 0.15) is 41.6 Å². The number of aryl methyl sites for hydroxylation is 1. The van der Waals surface area contributed by atoms with Crippen LogP contribution in [0.25, 0.3) is 0 Å². The maximum absolute atomic E-state index is 11.4. The Morgan fingerprint density at radius 3 is 2.58 bits per heavy atom. The lowest BCUT2D eigenvalue weighted by molar-refractivity contribution is 0.0600. The maximum atomic E-state index is 11.4. The first-order valence-corrected chi connectivity index (χ1v) is 6.81. The lowest BCUT2D eigenvalue weighted by Crippen LogP contribution is -2.32. The average molecular weight is 262 g/mol. The van der Waals surface area contributed by atoms with Gasteiger partial charge in [-0.05, 0) is 56.4 Å². The second kappa shape index (κ2) is 6.06. The van der Waals surface area contributed by atoms with Crippen LogP contribution in [-0.2, 0) is 4.74 Å². The Balaban J connectivity index is 2.03. The lowest BCUT2D eigenvalue weighted by Gasteiger charge is -2.28. The van der Waals surface area contributed by atoms with Crippen LogP contribution in [0.3, 0.4) is 0 Å². The first-order chi connectivity index (χ1) is 9.10. The molecule has 1 fully saturated rings. The number of nitrogens with two attached hydrogens (primary N) is 1. The van der Waals surface area contributed by atoms with Crippen LogP contribution in [0.4, 0.5) is 5.69 Å². The van der Waals surface area contributed by atoms with Crippen molar-refractivity contribution in [2.24, 2.45) is 5.73 Å². The predicted molar refractivity (Wildman–Crippen MR) is 76.4 cm³/mol. The summed E-state index contributed by atoms with van der Waals surface area (Å²) >= 11 is 0. The molecular weight excluding hydrogens is 240 g/mol. The Morgan fingerprint density at radius 2 is 2.00 bits per heavy atom. The number of anilines is 1. The third-order valence-corrected chi connectivity index (χ3v) is 3.78. The van der Waals surface area contributed by atoms with Crippen molar-refractivity contribution in [1.82, 2.24) is 0 Å². The summed E-state index contributed by atoms with van der Waals surface area (Å²) in [4.78, 5) is 11.4. The Kier molecular flexibility index (Phi) is 4.43. The Morgan fingerprint density at radius 1 is 1.32 bits per heavy atom. The van der Waals surface area contributed by atoms with E-state index in [1.807, 2.05) is 19.1 Å². The van der Waals surface area contributed by atoms with Gasteiger partial charge in [-0.25, -0.2) is 4.79 Å². The van der Waals surface area contributed by atoms with Crippen LogP contribution >= 0.6 is 0 Å². The molecule has 104 valence electrons. The minimum atomic E-state index is -0.293. The van der Waals surface area contributed by atoms with Gasteiger partial charge in [-0.15, -0.1) is 0 Å². The molecule has 0 aliphatic heterocycles. The molecule has 1 aromatic rings. The van der Waals surface area contributed by atoms with E-state index in [0.29, 0.717) is 17.6 Å². The SMILES string of the molecule is COC(=O)c1ccc(NC2CCC(N)CC2)c(C)c1. The van der Waals surface area contributed by atoms with Gasteiger partial charge in [0.25, 0.3) is 0 Å². The van der Waals surface area contributed by atoms with Crippen LogP contribution in [0.2, 0.25) is 0 Å². The monoisotopic (exact) mass is 262 g/mol. The van der Waals surface area contributed by atoms with Gasteiger partial charge in [-0.1, -0.05) is 0 Å². The molecular formula is C15H22N2O2. The van der Waals surface area contributed by atoms with E-state index < -0.39 is 0 Å². The van der Waals surface area contributed by atoms with Crippen molar-refractivity contribution >= 4 is 11.7 Å². The summed E-state index contributed by atoms with van der Waals surface area (Å²) in [5, 5.41) is 3.55. The quantitative estimate of drug-likeness (QED) is 0.821. The van der Waals surface area contributed by atoms with Crippen molar-refractivity contribution in [3.63, 3.8) is 0 Å². The number of nitrogens with one attached hydrogen (secondary N) is 1. The minimum absolute atomic E-state index is 0.293. The Labute approximate surface area is 114 Å². The summed E-state index contributed by atoms with van der Waals surface area (Å²) in [6.07, 6.45) is 4.38. The number of esters is 1. The fourth-order valence-electron chi connectivity index (χ4n) is 2.55. The Hall–Kier alpha value is -1.55. The highest BCUT2D eigenvalue weighted by Crippen LogP contribution is 2.24. The van der Waals surface area contributed by atoms with Gasteiger partial charge in [0.05, 0.1) is 12.7 Å². The fraction of sp³-hybridized carbons (Fsp3) is 0.533. The second-order valence-corrected chi connectivity index (χ2v) is 5.28. The Bertz CT molecular complexity index is 451. The molecule has 1 aromatic carbocycles. The molecule has 2 rings (SSSR count). The molecule has 4 heteroatoms. The first-order valence-electron chi connectivity index (χ1n) is 6.81. The van der Waals surface area contributed by atoms with E-state index in [4.69, 9.17) is 10.5 Å². The molecule has 1 aliphatic rings. The van der Waals surface area contributed by atoms with Gasteiger partial charge in [0.15, 0.2) is 0 Å². The third-order valence-electron chi connectivity index (χ3n) is 3.78. The lowest BCUT2D eigenvalue weighted by atomic mass is 9.91. The molecule has 1 aliphatic carbocycles. The first kappa shape index (κ1) is 13.9. The largest absolute Gasteiger partial charge is 0.465 e. The number of rotatable bonds is 3. The summed E-state index contributed by atoms with van der Waals surface area (Å²) in [5.74, 6) is -0.293. The van der Waals surface area contributed by atoms with Crippen LogP contribution in [0.15, 0.2) is 18.2 Å². The van der Waals surface area contributed by atoms with Gasteiger partial charge in [-0.2, -0.15) is 0 Å². The molecule has 0 heterocycles. The highest BCUT2D eigenvalue weighted by atomic mass is 16.5. The number of carbonyl (C=O) groups excluding carboxylic acids is 1. The molecule has 1 saturated carbocycles. The highest BCUT2D eigenvalue weighted by molar-refractivity contribution is 5.90. The van der Waals surface area contributed by atoms with Crippen LogP contribution in [-0.4, -0.2) is 25.2 Å². The topological polar surface area (TPSA) is 64.3 Å². The molecule has 0 saturated heterocycles. The van der Waals surface area contributed by atoms with Gasteiger partial charge < -0.3 is 15.8 Å². The molecule has 0 spiro atoms. The molecule has 0 amide bonds. The van der Waals surface area contributed by atoms with Gasteiger partial charge in [0.1, 0.15) is 0 Å². The summed E-state index contributed by atoms with van der Waals surface area (Å²) < 4.78 is 4.72. The van der Waals surface area contributed by atoms with E-state index in [0.717, 1.165) is 36.9 Å². The zero-order chi connectivity index (χ0) is 13.8. The van der Waals surface area contributed by atoms with Crippen LogP contribution < -0.4 is 11.1 Å². The number of hydrogen-bond donors (Lipinski definition) is 2. The summed E-state index contributed by atoms with van der Waals surface area (Å²) in [7, 11) is 1.40. The van der Waals surface area contributed by atoms with Crippen molar-refractivity contribution in [3.8, 4) is 0 Å². The van der Waals surface area contributed by atoms with Gasteiger partial charge in [0, 0.05) is 17.8 Å². The fourth-order valence-corrected chi connectivity index (χ4v) is 2.55. The number of carbonyl (C=O) groups is 1. The number of hydrogen-bond acceptors (Lipinski definition) is 4. The molecule has 19 heavy (non-hydrogen) atoms. The molecule has 4 nitrogen and oxygen atoms in total. The maximum Gasteiger partial charge on any atom is 0.337 e. The smallest absolute Gasteiger partial charge is 0.337 e. The van der Waals surface area contributed by atoms with Crippen molar-refractivity contribution < 1.29 is 9.53 Å². The number of ether oxygens (including phenoxy) is 1. The van der Waals surface area contributed by atoms with Crippen molar-refractivity contribution in [3.05, 3.63) is 29.3 Å². The van der Waals surface area contributed by atoms with Crippen molar-refractivity contribution in [2.75, 3.05) is 12.4 Å². The van der Waals surface area contributed by atoms with Gasteiger partial charge in [-0.3, -0.25) is 0 Å². The molecule has 0 atom stereocenters. The molecule has 0 radical (unpaired) electrons. The zero-order valence-electron chi connectivity index (χ0n) is 11.6. The van der Waals surface area contributed by atoms with Gasteiger partial charge in [0.2, 0.25) is 0 Å². The number of benzene rings is 1. The van der Waals surface area contributed by atoms with E-state index in [-0.39, 0.29) is 5.97 Å². The summed E-state index contributed by atoms with van der Waals surface area (Å²) in [5.41, 5.74) is 8.66. The van der Waals surface area contributed by atoms with E-state index in [2.05, 4.69) is 5.32 Å². The standard InChI is InChI=1S/C15H22N2O2/c1-10-9-11(15(18)19-2)3-8-14(10)17-13-6-4-12(16)5-7-13/h3,8-9,12-13,17H,4-7,16H2,1-2H3. The van der Waals surface area contributed by atoms with E-state index in [1.54, 1.807) is 6.07 Å². The van der Waals surface area contributed by atoms with Crippen molar-refractivity contribution in [2.45, 2.75) is 44.7 Å². The predicted octanol–water partition coefficient (Wildman–Crippen LogP) is 2.46. The zero-order valence-corrected chi connectivity index (χ0v) is 11.6. The highest BCUT2D eigenvalue weighted by Gasteiger charge is 2.18. The molecule has 3 N–H and O–H groups in total. The number of methoxy groups -OCH3 is 1. The average Bonchev–Trinajstić information content (AvgIpc) is 2.42. The molecule has 0 aromatic heterocycles. The minimum Gasteiger partial charge on any atom is -0.465 e. The van der Waals surface area contributed by atoms with Crippen LogP contribution in [0, 0.1) is 6.92 Å². The van der Waals surface area contributed by atoms with E-state index in [9.17, 15) is 4.79 Å². The molecule has 0 bridgehead atoms. The van der Waals surface area contributed by atoms with E-state index >= 15 is 0 Å². The molecule has 0 unspecified atom stereocenters. The normalized spacial score (nSPS) is 22.9. The van der Waals surface area contributed by atoms with Gasteiger partial charge >= 0.3 is 5.97 Å². The van der Waals surface area contributed by atoms with E-state index in [1.165, 1.54) is 7.11 Å². The van der Waals surface area contributed by atoms with Crippen LogP contribution in [0.5, 0.6) is 0 Å². The summed E-state index contributed by atoms with van der Waals surface area (Å²) in [6, 6.07) is 6.47.